The van der Waals surface area contributed by atoms with Crippen molar-refractivity contribution in [1.29, 1.82) is 0 Å². The first kappa shape index (κ1) is 27.5. The van der Waals surface area contributed by atoms with E-state index >= 15 is 0 Å². The van der Waals surface area contributed by atoms with Gasteiger partial charge in [0.25, 0.3) is 0 Å². The summed E-state index contributed by atoms with van der Waals surface area (Å²) in [6, 6.07) is 7.88. The lowest BCUT2D eigenvalue weighted by Crippen LogP contribution is -2.53. The second-order valence-electron chi connectivity index (χ2n) is 9.01. The third-order valence-electron chi connectivity index (χ3n) is 5.01. The second kappa shape index (κ2) is 14.5. The quantitative estimate of drug-likeness (QED) is 0.354. The first-order valence-electron chi connectivity index (χ1n) is 11.6. The lowest BCUT2D eigenvalue weighted by atomic mass is 10.00. The molecule has 2 amide bonds. The van der Waals surface area contributed by atoms with Crippen molar-refractivity contribution in [3.63, 3.8) is 0 Å². The zero-order valence-corrected chi connectivity index (χ0v) is 20.4. The summed E-state index contributed by atoms with van der Waals surface area (Å²) >= 11 is 0. The van der Waals surface area contributed by atoms with Gasteiger partial charge in [0.1, 0.15) is 18.7 Å². The number of hydrogen-bond donors (Lipinski definition) is 1. The molecule has 0 aliphatic rings. The summed E-state index contributed by atoms with van der Waals surface area (Å²) < 4.78 is 10.7. The molecule has 0 saturated carbocycles. The third kappa shape index (κ3) is 10.2. The molecule has 0 aromatic heterocycles. The first-order chi connectivity index (χ1) is 15.1. The molecule has 1 aromatic carbocycles. The van der Waals surface area contributed by atoms with Gasteiger partial charge in [0.05, 0.1) is 6.61 Å². The maximum atomic E-state index is 13.2. The Labute approximate surface area is 192 Å². The van der Waals surface area contributed by atoms with E-state index in [2.05, 4.69) is 5.32 Å². The zero-order chi connectivity index (χ0) is 24.1. The summed E-state index contributed by atoms with van der Waals surface area (Å²) in [7, 11) is 1.56. The standard InChI is InChI=1S/C25H40N2O5/c1-7-8-14-31-25(30)27(6)22(16-19(4)5)23(28)26-21(15-18(2)3)24(29)32-17-20-12-10-9-11-13-20/h9-13,18-19,21-22H,7-8,14-17H2,1-6H3,(H,26,28). The fourth-order valence-electron chi connectivity index (χ4n) is 3.20. The van der Waals surface area contributed by atoms with Gasteiger partial charge in [-0.2, -0.15) is 0 Å². The molecule has 0 aliphatic heterocycles. The van der Waals surface area contributed by atoms with E-state index < -0.39 is 24.1 Å². The van der Waals surface area contributed by atoms with E-state index in [4.69, 9.17) is 9.47 Å². The lowest BCUT2D eigenvalue weighted by Gasteiger charge is -2.29. The van der Waals surface area contributed by atoms with Gasteiger partial charge in [-0.25, -0.2) is 9.59 Å². The van der Waals surface area contributed by atoms with Gasteiger partial charge in [0.2, 0.25) is 5.91 Å². The van der Waals surface area contributed by atoms with Gasteiger partial charge in [-0.05, 0) is 36.7 Å². The van der Waals surface area contributed by atoms with E-state index in [1.807, 2.05) is 65.0 Å². The highest BCUT2D eigenvalue weighted by Crippen LogP contribution is 2.15. The number of ether oxygens (including phenoxy) is 2. The molecule has 0 spiro atoms. The van der Waals surface area contributed by atoms with Crippen molar-refractivity contribution < 1.29 is 23.9 Å². The molecule has 1 rings (SSSR count). The van der Waals surface area contributed by atoms with Gasteiger partial charge in [-0.1, -0.05) is 71.4 Å². The molecule has 32 heavy (non-hydrogen) atoms. The number of hydrogen-bond acceptors (Lipinski definition) is 5. The Morgan fingerprint density at radius 2 is 1.59 bits per heavy atom. The highest BCUT2D eigenvalue weighted by Gasteiger charge is 2.32. The number of unbranched alkanes of at least 4 members (excludes halogenated alkanes) is 1. The molecule has 0 radical (unpaired) electrons. The van der Waals surface area contributed by atoms with Crippen LogP contribution in [-0.2, 0) is 25.7 Å². The van der Waals surface area contributed by atoms with Gasteiger partial charge >= 0.3 is 12.1 Å². The van der Waals surface area contributed by atoms with Crippen LogP contribution < -0.4 is 5.32 Å². The molecule has 7 heteroatoms. The molecule has 0 heterocycles. The SMILES string of the molecule is CCCCOC(=O)N(C)C(CC(C)C)C(=O)NC(CC(C)C)C(=O)OCc1ccccc1. The molecular weight excluding hydrogens is 408 g/mol. The Balaban J connectivity index is 2.86. The summed E-state index contributed by atoms with van der Waals surface area (Å²) in [4.78, 5) is 39.7. The molecule has 2 atom stereocenters. The van der Waals surface area contributed by atoms with Crippen molar-refractivity contribution in [3.8, 4) is 0 Å². The van der Waals surface area contributed by atoms with Crippen LogP contribution in [0.4, 0.5) is 4.79 Å². The maximum absolute atomic E-state index is 13.2. The van der Waals surface area contributed by atoms with Crippen molar-refractivity contribution in [3.05, 3.63) is 35.9 Å². The Hall–Kier alpha value is -2.57. The largest absolute Gasteiger partial charge is 0.459 e. The van der Waals surface area contributed by atoms with E-state index in [0.29, 0.717) is 19.4 Å². The number of rotatable bonds is 13. The van der Waals surface area contributed by atoms with Gasteiger partial charge in [0.15, 0.2) is 0 Å². The smallest absolute Gasteiger partial charge is 0.410 e. The van der Waals surface area contributed by atoms with E-state index in [0.717, 1.165) is 18.4 Å². The summed E-state index contributed by atoms with van der Waals surface area (Å²) in [6.45, 7) is 10.4. The summed E-state index contributed by atoms with van der Waals surface area (Å²) in [5.74, 6) is -0.515. The molecule has 0 fully saturated rings. The normalized spacial score (nSPS) is 12.9. The van der Waals surface area contributed by atoms with Crippen molar-refractivity contribution >= 4 is 18.0 Å². The Bertz CT molecular complexity index is 706. The van der Waals surface area contributed by atoms with Gasteiger partial charge in [-0.3, -0.25) is 9.69 Å². The number of carbonyl (C=O) groups excluding carboxylic acids is 3. The van der Waals surface area contributed by atoms with E-state index in [1.54, 1.807) is 7.05 Å². The van der Waals surface area contributed by atoms with Crippen LogP contribution in [0.3, 0.4) is 0 Å². The minimum atomic E-state index is -0.787. The minimum absolute atomic E-state index is 0.142. The third-order valence-corrected chi connectivity index (χ3v) is 5.01. The number of nitrogens with one attached hydrogen (secondary N) is 1. The first-order valence-corrected chi connectivity index (χ1v) is 11.6. The lowest BCUT2D eigenvalue weighted by molar-refractivity contribution is -0.150. The number of likely N-dealkylation sites (N-methyl/N-ethyl adjacent to an activating group) is 1. The van der Waals surface area contributed by atoms with Crippen LogP contribution >= 0.6 is 0 Å². The van der Waals surface area contributed by atoms with Crippen LogP contribution in [0.2, 0.25) is 0 Å². The van der Waals surface area contributed by atoms with E-state index in [9.17, 15) is 14.4 Å². The number of esters is 1. The molecule has 1 N–H and O–H groups in total. The van der Waals surface area contributed by atoms with Crippen LogP contribution in [0.15, 0.2) is 30.3 Å². The summed E-state index contributed by atoms with van der Waals surface area (Å²) in [6.07, 6.45) is 2.04. The molecule has 0 saturated heterocycles. The van der Waals surface area contributed by atoms with Crippen molar-refractivity contribution in [2.24, 2.45) is 11.8 Å². The molecule has 0 bridgehead atoms. The monoisotopic (exact) mass is 448 g/mol. The van der Waals surface area contributed by atoms with Crippen molar-refractivity contribution in [2.45, 2.75) is 79.0 Å². The summed E-state index contributed by atoms with van der Waals surface area (Å²) in [5.41, 5.74) is 0.878. The number of carbonyl (C=O) groups is 3. The predicted octanol–water partition coefficient (Wildman–Crippen LogP) is 4.54. The number of benzene rings is 1. The molecule has 1 aromatic rings. The topological polar surface area (TPSA) is 84.9 Å². The molecular formula is C25H40N2O5. The van der Waals surface area contributed by atoms with Crippen LogP contribution in [0.5, 0.6) is 0 Å². The number of nitrogens with zero attached hydrogens (tertiary/aromatic N) is 1. The van der Waals surface area contributed by atoms with Crippen molar-refractivity contribution in [1.82, 2.24) is 10.2 Å². The van der Waals surface area contributed by atoms with Crippen LogP contribution in [0, 0.1) is 11.8 Å². The average molecular weight is 449 g/mol. The summed E-state index contributed by atoms with van der Waals surface area (Å²) in [5, 5.41) is 2.83. The Kier molecular flexibility index (Phi) is 12.4. The van der Waals surface area contributed by atoms with E-state index in [1.165, 1.54) is 4.90 Å². The number of amides is 2. The molecule has 2 unspecified atom stereocenters. The highest BCUT2D eigenvalue weighted by molar-refractivity contribution is 5.89. The van der Waals surface area contributed by atoms with Gasteiger partial charge < -0.3 is 14.8 Å². The highest BCUT2D eigenvalue weighted by atomic mass is 16.6. The fourth-order valence-corrected chi connectivity index (χ4v) is 3.20. The predicted molar refractivity (Wildman–Crippen MR) is 125 cm³/mol. The molecule has 180 valence electrons. The molecule has 0 aliphatic carbocycles. The van der Waals surface area contributed by atoms with Crippen LogP contribution in [0.25, 0.3) is 0 Å². The van der Waals surface area contributed by atoms with Crippen LogP contribution in [-0.4, -0.2) is 48.6 Å². The Morgan fingerprint density at radius 3 is 2.16 bits per heavy atom. The molecule has 7 nitrogen and oxygen atoms in total. The maximum Gasteiger partial charge on any atom is 0.410 e. The van der Waals surface area contributed by atoms with Crippen molar-refractivity contribution in [2.75, 3.05) is 13.7 Å². The Morgan fingerprint density at radius 1 is 0.969 bits per heavy atom. The van der Waals surface area contributed by atoms with Gasteiger partial charge in [-0.15, -0.1) is 0 Å². The fraction of sp³-hybridized carbons (Fsp3) is 0.640. The van der Waals surface area contributed by atoms with E-state index in [-0.39, 0.29) is 24.3 Å². The minimum Gasteiger partial charge on any atom is -0.459 e. The van der Waals surface area contributed by atoms with Gasteiger partial charge in [0, 0.05) is 7.05 Å². The average Bonchev–Trinajstić information content (AvgIpc) is 2.75. The van der Waals surface area contributed by atoms with Crippen LogP contribution in [0.1, 0.15) is 65.9 Å². The second-order valence-corrected chi connectivity index (χ2v) is 9.01. The zero-order valence-electron chi connectivity index (χ0n) is 20.4.